The molecule has 0 N–H and O–H groups in total. The monoisotopic (exact) mass is 656 g/mol. The Morgan fingerprint density at radius 1 is 0.979 bits per heavy atom. The molecule has 0 aliphatic heterocycles. The molecular weight excluding hydrogens is 596 g/mol. The summed E-state index contributed by atoms with van der Waals surface area (Å²) in [5.74, 6) is 5.25. The zero-order chi connectivity index (χ0) is 33.8. The topological polar surface area (TPSA) is 65.7 Å². The number of carbonyl (C=O) groups excluding carboxylic acids is 1. The maximum absolute atomic E-state index is 13.2. The number of esters is 1. The standard InChI is InChI=1S/C43H60O5/c1-26(2)10-9-11-28(4)34-16-17-35-33-15-14-29-24-30(18-20-42(29,5)36(33)19-21-43(34,35)6)47-39(44)25-46-37-22-27(3)23-38-40(37)31-12-7-8-13-32(31)41(45)48-38/h14,22-23,26,28,30,33-36H,7-13,15-21,24-25H2,1-6H3/t28-,30+,33?,34-,35?,36?,42+,43-/m1/s1. The van der Waals surface area contributed by atoms with Crippen molar-refractivity contribution in [1.82, 2.24) is 0 Å². The number of fused-ring (bicyclic) bond motifs is 8. The van der Waals surface area contributed by atoms with Crippen LogP contribution in [-0.4, -0.2) is 18.7 Å². The zero-order valence-electron chi connectivity index (χ0n) is 30.6. The third-order valence-corrected chi connectivity index (χ3v) is 14.3. The van der Waals surface area contributed by atoms with Crippen molar-refractivity contribution >= 4 is 16.9 Å². The van der Waals surface area contributed by atoms with E-state index in [0.717, 1.165) is 103 Å². The molecule has 3 unspecified atom stereocenters. The van der Waals surface area contributed by atoms with Gasteiger partial charge in [0.05, 0.1) is 5.39 Å². The fraction of sp³-hybridized carbons (Fsp3) is 0.721. The van der Waals surface area contributed by atoms with Gasteiger partial charge in [-0.1, -0.05) is 65.5 Å². The maximum Gasteiger partial charge on any atom is 0.344 e. The van der Waals surface area contributed by atoms with Gasteiger partial charge in [0.25, 0.3) is 0 Å². The molecule has 1 aromatic carbocycles. The van der Waals surface area contributed by atoms with Gasteiger partial charge in [-0.05, 0) is 147 Å². The van der Waals surface area contributed by atoms with Gasteiger partial charge in [0.15, 0.2) is 6.61 Å². The van der Waals surface area contributed by atoms with Gasteiger partial charge in [0, 0.05) is 12.0 Å². The number of hydrogen-bond donors (Lipinski definition) is 0. The quantitative estimate of drug-likeness (QED) is 0.153. The third-order valence-electron chi connectivity index (χ3n) is 14.3. The van der Waals surface area contributed by atoms with Crippen LogP contribution in [0.5, 0.6) is 5.75 Å². The first-order valence-electron chi connectivity index (χ1n) is 19.6. The van der Waals surface area contributed by atoms with Crippen LogP contribution in [0.15, 0.2) is 33.0 Å². The lowest BCUT2D eigenvalue weighted by atomic mass is 9.47. The molecule has 5 nitrogen and oxygen atoms in total. The van der Waals surface area contributed by atoms with Crippen LogP contribution in [0.1, 0.15) is 135 Å². The molecule has 8 atom stereocenters. The first kappa shape index (κ1) is 33.9. The molecule has 0 spiro atoms. The van der Waals surface area contributed by atoms with Crippen molar-refractivity contribution in [3.63, 3.8) is 0 Å². The van der Waals surface area contributed by atoms with Crippen molar-refractivity contribution in [3.8, 4) is 5.75 Å². The fourth-order valence-electron chi connectivity index (χ4n) is 11.9. The molecule has 7 rings (SSSR count). The Balaban J connectivity index is 0.991. The highest BCUT2D eigenvalue weighted by Crippen LogP contribution is 2.67. The van der Waals surface area contributed by atoms with E-state index in [1.165, 1.54) is 51.4 Å². The van der Waals surface area contributed by atoms with Crippen molar-refractivity contribution in [2.24, 2.45) is 46.3 Å². The van der Waals surface area contributed by atoms with E-state index in [1.807, 2.05) is 19.1 Å². The molecule has 5 aliphatic carbocycles. The van der Waals surface area contributed by atoms with E-state index in [0.29, 0.717) is 16.7 Å². The summed E-state index contributed by atoms with van der Waals surface area (Å²) in [6.45, 7) is 14.3. The molecule has 3 fully saturated rings. The summed E-state index contributed by atoms with van der Waals surface area (Å²) >= 11 is 0. The summed E-state index contributed by atoms with van der Waals surface area (Å²) in [6, 6.07) is 3.85. The van der Waals surface area contributed by atoms with Crippen molar-refractivity contribution in [2.75, 3.05) is 6.61 Å². The van der Waals surface area contributed by atoms with Gasteiger partial charge in [-0.15, -0.1) is 0 Å². The summed E-state index contributed by atoms with van der Waals surface area (Å²) in [4.78, 5) is 25.9. The first-order valence-corrected chi connectivity index (χ1v) is 19.6. The Morgan fingerprint density at radius 2 is 1.77 bits per heavy atom. The number of carbonyl (C=O) groups is 1. The van der Waals surface area contributed by atoms with Gasteiger partial charge >= 0.3 is 11.6 Å². The lowest BCUT2D eigenvalue weighted by Crippen LogP contribution is -2.51. The van der Waals surface area contributed by atoms with Crippen LogP contribution in [-0.2, 0) is 22.4 Å². The molecule has 5 heteroatoms. The summed E-state index contributed by atoms with van der Waals surface area (Å²) in [5, 5.41) is 0.843. The van der Waals surface area contributed by atoms with Crippen molar-refractivity contribution in [3.05, 3.63) is 50.9 Å². The Labute approximate surface area is 288 Å². The van der Waals surface area contributed by atoms with E-state index >= 15 is 0 Å². The minimum absolute atomic E-state index is 0.0894. The Kier molecular flexibility index (Phi) is 9.39. The van der Waals surface area contributed by atoms with Crippen molar-refractivity contribution in [1.29, 1.82) is 0 Å². The molecule has 262 valence electrons. The van der Waals surface area contributed by atoms with Crippen LogP contribution in [0, 0.1) is 53.3 Å². The Morgan fingerprint density at radius 3 is 2.56 bits per heavy atom. The van der Waals surface area contributed by atoms with Gasteiger partial charge in [-0.25, -0.2) is 9.59 Å². The number of benzene rings is 1. The number of aryl methyl sites for hydroxylation is 2. The molecule has 5 aliphatic rings. The smallest absolute Gasteiger partial charge is 0.344 e. The second kappa shape index (κ2) is 13.3. The second-order valence-corrected chi connectivity index (χ2v) is 17.6. The van der Waals surface area contributed by atoms with E-state index < -0.39 is 0 Å². The maximum atomic E-state index is 13.2. The lowest BCUT2D eigenvalue weighted by molar-refractivity contribution is -0.153. The number of hydrogen-bond acceptors (Lipinski definition) is 5. The van der Waals surface area contributed by atoms with Crippen molar-refractivity contribution < 1.29 is 18.7 Å². The third kappa shape index (κ3) is 6.08. The lowest BCUT2D eigenvalue weighted by Gasteiger charge is -2.58. The molecule has 1 aromatic heterocycles. The number of ether oxygens (including phenoxy) is 2. The highest BCUT2D eigenvalue weighted by atomic mass is 16.6. The van der Waals surface area contributed by atoms with Gasteiger partial charge in [-0.2, -0.15) is 0 Å². The van der Waals surface area contributed by atoms with Gasteiger partial charge in [0.2, 0.25) is 0 Å². The van der Waals surface area contributed by atoms with Crippen molar-refractivity contribution in [2.45, 2.75) is 144 Å². The number of allylic oxidation sites excluding steroid dienone is 1. The first-order chi connectivity index (χ1) is 23.0. The fourth-order valence-corrected chi connectivity index (χ4v) is 11.9. The normalized spacial score (nSPS) is 33.3. The van der Waals surface area contributed by atoms with E-state index in [9.17, 15) is 9.59 Å². The predicted molar refractivity (Wildman–Crippen MR) is 192 cm³/mol. The van der Waals surface area contributed by atoms with Crippen LogP contribution in [0.25, 0.3) is 11.0 Å². The summed E-state index contributed by atoms with van der Waals surface area (Å²) < 4.78 is 18.0. The Bertz CT molecular complexity index is 1610. The Hall–Kier alpha value is -2.56. The largest absolute Gasteiger partial charge is 0.481 e. The van der Waals surface area contributed by atoms with E-state index in [-0.39, 0.29) is 29.7 Å². The van der Waals surface area contributed by atoms with Crippen LogP contribution >= 0.6 is 0 Å². The summed E-state index contributed by atoms with van der Waals surface area (Å²) in [5.41, 5.74) is 5.31. The minimum atomic E-state index is -0.313. The molecule has 0 radical (unpaired) electrons. The molecule has 1 heterocycles. The predicted octanol–water partition coefficient (Wildman–Crippen LogP) is 10.3. The highest BCUT2D eigenvalue weighted by Gasteiger charge is 2.59. The van der Waals surface area contributed by atoms with E-state index in [2.05, 4.69) is 40.7 Å². The number of rotatable bonds is 9. The SMILES string of the molecule is Cc1cc(OCC(=O)O[C@H]2CC[C@@]3(C)C(=CCC4C3CC[C@@]3(C)C4CC[C@@H]3[C@H](C)CCCC(C)C)C2)c2c3c(c(=O)oc2c1)CCCC3. The van der Waals surface area contributed by atoms with Gasteiger partial charge < -0.3 is 13.9 Å². The molecule has 48 heavy (non-hydrogen) atoms. The molecular formula is C43H60O5. The molecule has 0 saturated heterocycles. The van der Waals surface area contributed by atoms with E-state index in [1.54, 1.807) is 5.57 Å². The summed E-state index contributed by atoms with van der Waals surface area (Å²) in [7, 11) is 0. The molecule has 2 aromatic rings. The van der Waals surface area contributed by atoms with Gasteiger partial charge in [0.1, 0.15) is 17.4 Å². The van der Waals surface area contributed by atoms with Crippen LogP contribution in [0.2, 0.25) is 0 Å². The van der Waals surface area contributed by atoms with E-state index in [4.69, 9.17) is 13.9 Å². The van der Waals surface area contributed by atoms with Crippen LogP contribution in [0.3, 0.4) is 0 Å². The van der Waals surface area contributed by atoms with Crippen LogP contribution < -0.4 is 10.4 Å². The molecule has 3 saturated carbocycles. The molecule has 0 bridgehead atoms. The zero-order valence-corrected chi connectivity index (χ0v) is 30.6. The minimum Gasteiger partial charge on any atom is -0.481 e. The van der Waals surface area contributed by atoms with Gasteiger partial charge in [-0.3, -0.25) is 0 Å². The summed E-state index contributed by atoms with van der Waals surface area (Å²) in [6.07, 6.45) is 19.9. The van der Waals surface area contributed by atoms with Crippen LogP contribution in [0.4, 0.5) is 0 Å². The average molecular weight is 657 g/mol. The average Bonchev–Trinajstić information content (AvgIpc) is 3.41. The molecule has 0 amide bonds. The second-order valence-electron chi connectivity index (χ2n) is 17.6. The highest BCUT2D eigenvalue weighted by molar-refractivity contribution is 5.89.